The molecule has 9 heteroatoms. The van der Waals surface area contributed by atoms with E-state index in [1.54, 1.807) is 18.2 Å². The van der Waals surface area contributed by atoms with E-state index in [-0.39, 0.29) is 16.2 Å². The van der Waals surface area contributed by atoms with E-state index >= 15 is 0 Å². The Balaban J connectivity index is 2.21. The van der Waals surface area contributed by atoms with E-state index in [1.807, 2.05) is 6.07 Å². The first kappa shape index (κ1) is 19.3. The summed E-state index contributed by atoms with van der Waals surface area (Å²) in [4.78, 5) is 11.3. The van der Waals surface area contributed by atoms with Crippen LogP contribution in [-0.2, 0) is 0 Å². The summed E-state index contributed by atoms with van der Waals surface area (Å²) in [5.74, 6) is 0.275. The van der Waals surface area contributed by atoms with E-state index in [0.29, 0.717) is 27.9 Å². The van der Waals surface area contributed by atoms with Crippen molar-refractivity contribution in [3.05, 3.63) is 46.5 Å². The molecule has 0 heterocycles. The molecule has 0 saturated carbocycles. The SMILES string of the molecule is COc1cc(OC)c(NC(=S)Nc2ccc(C(N)=O)c(C#N)c2)cc1Cl. The van der Waals surface area contributed by atoms with Crippen molar-refractivity contribution in [3.8, 4) is 17.6 Å². The number of methoxy groups -OCH3 is 2. The lowest BCUT2D eigenvalue weighted by Crippen LogP contribution is -2.20. The number of hydrogen-bond acceptors (Lipinski definition) is 5. The lowest BCUT2D eigenvalue weighted by Gasteiger charge is -2.15. The number of benzene rings is 2. The van der Waals surface area contributed by atoms with Crippen molar-refractivity contribution in [2.75, 3.05) is 24.9 Å². The summed E-state index contributed by atoms with van der Waals surface area (Å²) < 4.78 is 10.4. The van der Waals surface area contributed by atoms with E-state index in [2.05, 4.69) is 10.6 Å². The van der Waals surface area contributed by atoms with Gasteiger partial charge in [0.05, 0.1) is 36.1 Å². The van der Waals surface area contributed by atoms with Crippen LogP contribution in [0.1, 0.15) is 15.9 Å². The van der Waals surface area contributed by atoms with Gasteiger partial charge in [-0.3, -0.25) is 4.79 Å². The number of carbonyl (C=O) groups excluding carboxylic acids is 1. The summed E-state index contributed by atoms with van der Waals surface area (Å²) in [5, 5.41) is 15.6. The van der Waals surface area contributed by atoms with Crippen LogP contribution in [0.15, 0.2) is 30.3 Å². The molecule has 0 bridgehead atoms. The summed E-state index contributed by atoms with van der Waals surface area (Å²) in [5.41, 5.74) is 6.56. The van der Waals surface area contributed by atoms with Crippen LogP contribution in [0.2, 0.25) is 5.02 Å². The maximum absolute atomic E-state index is 11.3. The highest BCUT2D eigenvalue weighted by Gasteiger charge is 2.12. The van der Waals surface area contributed by atoms with Crippen LogP contribution < -0.4 is 25.8 Å². The molecule has 134 valence electrons. The van der Waals surface area contributed by atoms with Crippen molar-refractivity contribution in [2.24, 2.45) is 5.73 Å². The Kier molecular flexibility index (Phi) is 6.22. The molecular weight excluding hydrogens is 376 g/mol. The van der Waals surface area contributed by atoms with E-state index in [9.17, 15) is 4.79 Å². The molecule has 0 spiro atoms. The predicted molar refractivity (Wildman–Crippen MR) is 104 cm³/mol. The minimum atomic E-state index is -0.675. The van der Waals surface area contributed by atoms with E-state index in [1.165, 1.54) is 26.4 Å². The Morgan fingerprint density at radius 1 is 1.19 bits per heavy atom. The second-order valence-electron chi connectivity index (χ2n) is 5.00. The molecule has 7 nitrogen and oxygen atoms in total. The molecule has 0 saturated heterocycles. The zero-order chi connectivity index (χ0) is 19.3. The number of rotatable bonds is 5. The van der Waals surface area contributed by atoms with Crippen LogP contribution in [0.5, 0.6) is 11.5 Å². The van der Waals surface area contributed by atoms with E-state index < -0.39 is 5.91 Å². The number of halogens is 1. The van der Waals surface area contributed by atoms with Gasteiger partial charge >= 0.3 is 0 Å². The van der Waals surface area contributed by atoms with Crippen molar-refractivity contribution in [3.63, 3.8) is 0 Å². The van der Waals surface area contributed by atoms with Crippen molar-refractivity contribution in [1.29, 1.82) is 5.26 Å². The molecule has 0 aliphatic heterocycles. The van der Waals surface area contributed by atoms with Crippen LogP contribution in [-0.4, -0.2) is 25.2 Å². The smallest absolute Gasteiger partial charge is 0.250 e. The molecule has 0 aliphatic rings. The average Bonchev–Trinajstić information content (AvgIpc) is 2.61. The first-order chi connectivity index (χ1) is 12.4. The number of carbonyl (C=O) groups is 1. The number of ether oxygens (including phenoxy) is 2. The molecule has 0 aliphatic carbocycles. The molecule has 0 aromatic heterocycles. The van der Waals surface area contributed by atoms with Gasteiger partial charge in [-0.15, -0.1) is 0 Å². The number of amides is 1. The standard InChI is InChI=1S/C17H15ClN4O3S/c1-24-14-7-15(25-2)13(6-12(14)18)22-17(26)21-10-3-4-11(16(20)23)9(5-10)8-19/h3-7H,1-2H3,(H2,20,23)(H2,21,22,26). The molecule has 0 unspecified atom stereocenters. The summed E-state index contributed by atoms with van der Waals surface area (Å²) in [7, 11) is 3.01. The van der Waals surface area contributed by atoms with E-state index in [4.69, 9.17) is 44.3 Å². The highest BCUT2D eigenvalue weighted by Crippen LogP contribution is 2.35. The first-order valence-electron chi connectivity index (χ1n) is 7.23. The molecule has 0 radical (unpaired) electrons. The minimum absolute atomic E-state index is 0.139. The number of nitrogens with two attached hydrogens (primary N) is 1. The van der Waals surface area contributed by atoms with Crippen molar-refractivity contribution >= 4 is 46.2 Å². The van der Waals surface area contributed by atoms with Gasteiger partial charge in [-0.05, 0) is 36.5 Å². The molecule has 4 N–H and O–H groups in total. The van der Waals surface area contributed by atoms with Crippen LogP contribution in [0.3, 0.4) is 0 Å². The van der Waals surface area contributed by atoms with E-state index in [0.717, 1.165) is 0 Å². The topological polar surface area (TPSA) is 109 Å². The average molecular weight is 391 g/mol. The van der Waals surface area contributed by atoms with Gasteiger partial charge in [0.25, 0.3) is 0 Å². The Morgan fingerprint density at radius 3 is 2.46 bits per heavy atom. The fourth-order valence-electron chi connectivity index (χ4n) is 2.17. The van der Waals surface area contributed by atoms with Gasteiger partial charge in [-0.1, -0.05) is 11.6 Å². The third-order valence-electron chi connectivity index (χ3n) is 3.39. The Labute approximate surface area is 160 Å². The number of hydrogen-bond donors (Lipinski definition) is 3. The normalized spacial score (nSPS) is 9.77. The van der Waals surface area contributed by atoms with Gasteiger partial charge < -0.3 is 25.8 Å². The summed E-state index contributed by atoms with van der Waals surface area (Å²) in [6.07, 6.45) is 0. The number of primary amides is 1. The van der Waals surface area contributed by atoms with Crippen molar-refractivity contribution in [2.45, 2.75) is 0 Å². The Bertz CT molecular complexity index is 912. The van der Waals surface area contributed by atoms with Crippen molar-refractivity contribution in [1.82, 2.24) is 0 Å². The first-order valence-corrected chi connectivity index (χ1v) is 8.01. The van der Waals surface area contributed by atoms with Crippen LogP contribution in [0.25, 0.3) is 0 Å². The Morgan fingerprint density at radius 2 is 1.88 bits per heavy atom. The fourth-order valence-corrected chi connectivity index (χ4v) is 2.64. The second-order valence-corrected chi connectivity index (χ2v) is 5.82. The number of nitrogens with zero attached hydrogens (tertiary/aromatic N) is 1. The lowest BCUT2D eigenvalue weighted by molar-refractivity contribution is 0.1000. The third-order valence-corrected chi connectivity index (χ3v) is 3.88. The molecule has 2 aromatic rings. The fraction of sp³-hybridized carbons (Fsp3) is 0.118. The predicted octanol–water partition coefficient (Wildman–Crippen LogP) is 3.14. The Hall–Kier alpha value is -3.02. The minimum Gasteiger partial charge on any atom is -0.495 e. The molecule has 0 atom stereocenters. The monoisotopic (exact) mass is 390 g/mol. The molecular formula is C17H15ClN4O3S. The molecule has 0 fully saturated rings. The molecule has 1 amide bonds. The zero-order valence-corrected chi connectivity index (χ0v) is 15.5. The second kappa shape index (κ2) is 8.38. The highest BCUT2D eigenvalue weighted by atomic mass is 35.5. The summed E-state index contributed by atoms with van der Waals surface area (Å²) in [6.45, 7) is 0. The van der Waals surface area contributed by atoms with Crippen LogP contribution >= 0.6 is 23.8 Å². The number of nitrogens with one attached hydrogen (secondary N) is 2. The van der Waals surface area contributed by atoms with Gasteiger partial charge in [0.15, 0.2) is 5.11 Å². The largest absolute Gasteiger partial charge is 0.495 e. The van der Waals surface area contributed by atoms with Gasteiger partial charge in [0.1, 0.15) is 17.6 Å². The van der Waals surface area contributed by atoms with Gasteiger partial charge in [-0.2, -0.15) is 5.26 Å². The van der Waals surface area contributed by atoms with Gasteiger partial charge in [0.2, 0.25) is 5.91 Å². The summed E-state index contributed by atoms with van der Waals surface area (Å²) in [6, 6.07) is 9.69. The maximum Gasteiger partial charge on any atom is 0.250 e. The number of thiocarbonyl (C=S) groups is 1. The highest BCUT2D eigenvalue weighted by molar-refractivity contribution is 7.80. The molecule has 2 rings (SSSR count). The molecule has 26 heavy (non-hydrogen) atoms. The van der Waals surface area contributed by atoms with Crippen LogP contribution in [0.4, 0.5) is 11.4 Å². The zero-order valence-electron chi connectivity index (χ0n) is 13.9. The lowest BCUT2D eigenvalue weighted by atomic mass is 10.1. The maximum atomic E-state index is 11.3. The third kappa shape index (κ3) is 4.33. The molecule has 2 aromatic carbocycles. The van der Waals surface area contributed by atoms with Crippen molar-refractivity contribution < 1.29 is 14.3 Å². The quantitative estimate of drug-likeness (QED) is 0.672. The van der Waals surface area contributed by atoms with Gasteiger partial charge in [0, 0.05) is 11.8 Å². The number of anilines is 2. The van der Waals surface area contributed by atoms with Gasteiger partial charge in [-0.25, -0.2) is 0 Å². The van der Waals surface area contributed by atoms with Crippen LogP contribution in [0, 0.1) is 11.3 Å². The summed E-state index contributed by atoms with van der Waals surface area (Å²) >= 11 is 11.4. The number of nitriles is 1.